The largest absolute Gasteiger partial charge is 0.281 e. The van der Waals surface area contributed by atoms with E-state index in [0.717, 1.165) is 16.4 Å². The van der Waals surface area contributed by atoms with Crippen molar-refractivity contribution in [3.8, 4) is 0 Å². The van der Waals surface area contributed by atoms with E-state index >= 15 is 0 Å². The maximum Gasteiger partial charge on any atom is 0.281 e. The average Bonchev–Trinajstić information content (AvgIpc) is 2.71. The third-order valence-electron chi connectivity index (χ3n) is 3.59. The molecular formula is C17H16ClN2+. The summed E-state index contributed by atoms with van der Waals surface area (Å²) < 4.78 is 4.39. The van der Waals surface area contributed by atoms with Crippen LogP contribution in [0.2, 0.25) is 5.02 Å². The fourth-order valence-corrected chi connectivity index (χ4v) is 2.60. The van der Waals surface area contributed by atoms with Gasteiger partial charge in [0, 0.05) is 11.1 Å². The molecule has 1 aromatic heterocycles. The van der Waals surface area contributed by atoms with Gasteiger partial charge in [0.1, 0.15) is 0 Å². The minimum atomic E-state index is 0.761. The lowest BCUT2D eigenvalue weighted by Gasteiger charge is -1.94. The second-order valence-electron chi connectivity index (χ2n) is 4.85. The van der Waals surface area contributed by atoms with Crippen LogP contribution < -0.4 is 4.57 Å². The summed E-state index contributed by atoms with van der Waals surface area (Å²) in [5.74, 6) is 1.15. The van der Waals surface area contributed by atoms with Crippen LogP contribution in [0.15, 0.2) is 48.5 Å². The smallest absolute Gasteiger partial charge is 0.226 e. The molecule has 0 saturated carbocycles. The zero-order chi connectivity index (χ0) is 14.1. The molecule has 100 valence electrons. The third kappa shape index (κ3) is 2.23. The maximum absolute atomic E-state index is 5.90. The number of nitrogens with zero attached hydrogens (tertiary/aromatic N) is 2. The molecule has 3 heteroatoms. The van der Waals surface area contributed by atoms with Gasteiger partial charge in [-0.2, -0.15) is 0 Å². The van der Waals surface area contributed by atoms with Gasteiger partial charge in [-0.3, -0.25) is 0 Å². The number of para-hydroxylation sites is 2. The van der Waals surface area contributed by atoms with Crippen LogP contribution in [0.3, 0.4) is 0 Å². The molecule has 0 fully saturated rings. The van der Waals surface area contributed by atoms with E-state index in [4.69, 9.17) is 11.6 Å². The second kappa shape index (κ2) is 5.14. The van der Waals surface area contributed by atoms with E-state index in [2.05, 4.69) is 59.6 Å². The molecule has 0 aliphatic heterocycles. The number of aromatic nitrogens is 2. The minimum Gasteiger partial charge on any atom is -0.226 e. The number of aryl methyl sites for hydroxylation is 2. The number of hydrogen-bond donors (Lipinski definition) is 0. The van der Waals surface area contributed by atoms with Gasteiger partial charge < -0.3 is 0 Å². The highest BCUT2D eigenvalue weighted by molar-refractivity contribution is 6.30. The van der Waals surface area contributed by atoms with Crippen LogP contribution in [0.5, 0.6) is 0 Å². The van der Waals surface area contributed by atoms with Crippen molar-refractivity contribution >= 4 is 34.8 Å². The van der Waals surface area contributed by atoms with Crippen LogP contribution in [0.4, 0.5) is 0 Å². The Balaban J connectivity index is 2.04. The Hall–Kier alpha value is -2.06. The standard InChI is InChI=1S/C17H16ClN2/c1-19-15-5-3-4-6-16(15)20(2)17(19)12-9-13-7-10-14(18)11-8-13/h3-12H,1-2H3/q+1/b12-9+. The monoisotopic (exact) mass is 283 g/mol. The summed E-state index contributed by atoms with van der Waals surface area (Å²) in [6.45, 7) is 0. The van der Waals surface area contributed by atoms with Crippen LogP contribution in [0.1, 0.15) is 11.4 Å². The van der Waals surface area contributed by atoms with Gasteiger partial charge in [-0.15, -0.1) is 0 Å². The predicted molar refractivity (Wildman–Crippen MR) is 84.5 cm³/mol. The third-order valence-corrected chi connectivity index (χ3v) is 3.84. The molecule has 3 aromatic rings. The Kier molecular flexibility index (Phi) is 3.33. The van der Waals surface area contributed by atoms with E-state index in [1.54, 1.807) is 0 Å². The number of halogens is 1. The van der Waals surface area contributed by atoms with Crippen molar-refractivity contribution in [1.82, 2.24) is 4.57 Å². The molecule has 0 radical (unpaired) electrons. The highest BCUT2D eigenvalue weighted by Gasteiger charge is 2.16. The van der Waals surface area contributed by atoms with Crippen molar-refractivity contribution in [2.75, 3.05) is 0 Å². The molecule has 0 saturated heterocycles. The first-order valence-electron chi connectivity index (χ1n) is 6.54. The van der Waals surface area contributed by atoms with E-state index < -0.39 is 0 Å². The Morgan fingerprint density at radius 2 is 1.70 bits per heavy atom. The molecule has 3 rings (SSSR count). The Labute approximate surface area is 123 Å². The molecule has 20 heavy (non-hydrogen) atoms. The lowest BCUT2D eigenvalue weighted by molar-refractivity contribution is -0.647. The predicted octanol–water partition coefficient (Wildman–Crippen LogP) is 3.83. The zero-order valence-electron chi connectivity index (χ0n) is 11.5. The number of rotatable bonds is 2. The molecule has 0 N–H and O–H groups in total. The number of fused-ring (bicyclic) bond motifs is 1. The first-order valence-corrected chi connectivity index (χ1v) is 6.92. The SMILES string of the molecule is Cn1c(/C=C/c2ccc(Cl)cc2)[n+](C)c2ccccc21. The van der Waals surface area contributed by atoms with Crippen molar-refractivity contribution < 1.29 is 4.57 Å². The van der Waals surface area contributed by atoms with Crippen molar-refractivity contribution in [1.29, 1.82) is 0 Å². The molecule has 0 aliphatic carbocycles. The van der Waals surface area contributed by atoms with Gasteiger partial charge in [-0.25, -0.2) is 9.13 Å². The van der Waals surface area contributed by atoms with Gasteiger partial charge in [-0.05, 0) is 35.9 Å². The van der Waals surface area contributed by atoms with Crippen molar-refractivity contribution in [2.45, 2.75) is 0 Å². The van der Waals surface area contributed by atoms with Crippen molar-refractivity contribution in [3.05, 3.63) is 64.9 Å². The summed E-state index contributed by atoms with van der Waals surface area (Å²) in [6, 6.07) is 16.2. The molecule has 0 aliphatic rings. The Morgan fingerprint density at radius 3 is 2.40 bits per heavy atom. The molecule has 2 nitrogen and oxygen atoms in total. The normalized spacial score (nSPS) is 11.6. The fourth-order valence-electron chi connectivity index (χ4n) is 2.47. The van der Waals surface area contributed by atoms with E-state index in [9.17, 15) is 0 Å². The summed E-state index contributed by atoms with van der Waals surface area (Å²) in [4.78, 5) is 0. The topological polar surface area (TPSA) is 8.81 Å². The number of benzene rings is 2. The summed E-state index contributed by atoms with van der Waals surface area (Å²) in [6.07, 6.45) is 4.23. The van der Waals surface area contributed by atoms with E-state index in [-0.39, 0.29) is 0 Å². The lowest BCUT2D eigenvalue weighted by Crippen LogP contribution is -2.30. The molecule has 0 atom stereocenters. The summed E-state index contributed by atoms with van der Waals surface area (Å²) in [5, 5.41) is 0.761. The second-order valence-corrected chi connectivity index (χ2v) is 5.29. The molecule has 0 unspecified atom stereocenters. The lowest BCUT2D eigenvalue weighted by atomic mass is 10.2. The zero-order valence-corrected chi connectivity index (χ0v) is 12.3. The van der Waals surface area contributed by atoms with Crippen molar-refractivity contribution in [2.24, 2.45) is 14.1 Å². The highest BCUT2D eigenvalue weighted by Crippen LogP contribution is 2.15. The van der Waals surface area contributed by atoms with E-state index in [1.807, 2.05) is 24.3 Å². The van der Waals surface area contributed by atoms with Gasteiger partial charge >= 0.3 is 0 Å². The van der Waals surface area contributed by atoms with E-state index in [1.165, 1.54) is 11.0 Å². The maximum atomic E-state index is 5.90. The first-order chi connectivity index (χ1) is 9.66. The van der Waals surface area contributed by atoms with Crippen LogP contribution in [0, 0.1) is 0 Å². The Bertz CT molecular complexity index is 744. The van der Waals surface area contributed by atoms with Crippen LogP contribution in [0.25, 0.3) is 23.2 Å². The molecule has 2 aromatic carbocycles. The molecule has 0 spiro atoms. The highest BCUT2D eigenvalue weighted by atomic mass is 35.5. The quantitative estimate of drug-likeness (QED) is 0.632. The van der Waals surface area contributed by atoms with Gasteiger partial charge in [-0.1, -0.05) is 35.9 Å². The van der Waals surface area contributed by atoms with Gasteiger partial charge in [0.15, 0.2) is 11.0 Å². The van der Waals surface area contributed by atoms with Crippen LogP contribution >= 0.6 is 11.6 Å². The molecular weight excluding hydrogens is 268 g/mol. The average molecular weight is 284 g/mol. The molecule has 1 heterocycles. The van der Waals surface area contributed by atoms with Gasteiger partial charge in [0.05, 0.1) is 14.1 Å². The van der Waals surface area contributed by atoms with Crippen molar-refractivity contribution in [3.63, 3.8) is 0 Å². The molecule has 0 bridgehead atoms. The summed E-state index contributed by atoms with van der Waals surface area (Å²) in [5.41, 5.74) is 3.59. The summed E-state index contributed by atoms with van der Waals surface area (Å²) in [7, 11) is 4.17. The minimum absolute atomic E-state index is 0.761. The van der Waals surface area contributed by atoms with E-state index in [0.29, 0.717) is 0 Å². The summed E-state index contributed by atoms with van der Waals surface area (Å²) >= 11 is 5.90. The number of imidazole rings is 1. The first kappa shape index (κ1) is 12.9. The van der Waals surface area contributed by atoms with Crippen LogP contribution in [-0.2, 0) is 14.1 Å². The van der Waals surface area contributed by atoms with Gasteiger partial charge in [0.25, 0.3) is 5.82 Å². The Morgan fingerprint density at radius 1 is 1.00 bits per heavy atom. The number of hydrogen-bond acceptors (Lipinski definition) is 0. The molecule has 0 amide bonds. The van der Waals surface area contributed by atoms with Crippen LogP contribution in [-0.4, -0.2) is 4.57 Å². The van der Waals surface area contributed by atoms with Gasteiger partial charge in [0.2, 0.25) is 0 Å². The fraction of sp³-hybridized carbons (Fsp3) is 0.118.